The van der Waals surface area contributed by atoms with Gasteiger partial charge in [0.05, 0.1) is 18.6 Å². The Kier molecular flexibility index (Phi) is 4.20. The number of hydrogen-bond acceptors (Lipinski definition) is 4. The monoisotopic (exact) mass is 433 g/mol. The van der Waals surface area contributed by atoms with E-state index in [9.17, 15) is 4.79 Å². The summed E-state index contributed by atoms with van der Waals surface area (Å²) in [4.78, 5) is 21.7. The standard InChI is InChI=1S/C22H16BrN3O2/c23-19-12-26(13-25-19)10-3-11-28-18-7-6-17-20-16(18)8-9-24-21(20)14-4-1-2-5-15(14)22(17)27/h1-2,4-9,12-13H,3,10-11H2. The third-order valence-electron chi connectivity index (χ3n) is 4.98. The number of carbonyl (C=O) groups excluding carboxylic acids is 1. The van der Waals surface area contributed by atoms with Crippen molar-refractivity contribution in [1.82, 2.24) is 14.5 Å². The van der Waals surface area contributed by atoms with Gasteiger partial charge in [0.1, 0.15) is 10.4 Å². The molecule has 2 aromatic heterocycles. The molecule has 2 heterocycles. The summed E-state index contributed by atoms with van der Waals surface area (Å²) in [6, 6.07) is 13.3. The van der Waals surface area contributed by atoms with Gasteiger partial charge < -0.3 is 9.30 Å². The van der Waals surface area contributed by atoms with Crippen LogP contribution in [0.5, 0.6) is 5.75 Å². The molecule has 0 spiro atoms. The van der Waals surface area contributed by atoms with Crippen LogP contribution in [0, 0.1) is 0 Å². The van der Waals surface area contributed by atoms with E-state index in [1.165, 1.54) is 0 Å². The van der Waals surface area contributed by atoms with Crippen LogP contribution in [0.15, 0.2) is 65.8 Å². The molecule has 0 bridgehead atoms. The number of pyridine rings is 1. The zero-order valence-electron chi connectivity index (χ0n) is 14.9. The first kappa shape index (κ1) is 17.1. The minimum absolute atomic E-state index is 0.0401. The normalized spacial score (nSPS) is 12.2. The van der Waals surface area contributed by atoms with Crippen molar-refractivity contribution in [3.8, 4) is 17.0 Å². The highest BCUT2D eigenvalue weighted by Crippen LogP contribution is 2.40. The number of carbonyl (C=O) groups is 1. The third kappa shape index (κ3) is 2.81. The first-order chi connectivity index (χ1) is 13.7. The zero-order chi connectivity index (χ0) is 19.1. The quantitative estimate of drug-likeness (QED) is 0.370. The number of ether oxygens (including phenoxy) is 1. The van der Waals surface area contributed by atoms with Crippen LogP contribution in [0.4, 0.5) is 0 Å². The van der Waals surface area contributed by atoms with Gasteiger partial charge in [-0.1, -0.05) is 24.3 Å². The molecular formula is C22H16BrN3O2. The first-order valence-electron chi connectivity index (χ1n) is 9.08. The summed E-state index contributed by atoms with van der Waals surface area (Å²) >= 11 is 3.35. The Morgan fingerprint density at radius 2 is 1.86 bits per heavy atom. The van der Waals surface area contributed by atoms with Gasteiger partial charge in [-0.05, 0) is 40.5 Å². The molecule has 0 saturated carbocycles. The number of benzene rings is 2. The van der Waals surface area contributed by atoms with Crippen LogP contribution < -0.4 is 4.74 Å². The van der Waals surface area contributed by atoms with Crippen molar-refractivity contribution in [1.29, 1.82) is 0 Å². The molecular weight excluding hydrogens is 418 g/mol. The van der Waals surface area contributed by atoms with Crippen LogP contribution in [0.25, 0.3) is 22.0 Å². The lowest BCUT2D eigenvalue weighted by Gasteiger charge is -2.20. The van der Waals surface area contributed by atoms with Crippen LogP contribution in [0.2, 0.25) is 0 Å². The van der Waals surface area contributed by atoms with Gasteiger partial charge in [0.15, 0.2) is 5.78 Å². The van der Waals surface area contributed by atoms with Crippen molar-refractivity contribution >= 4 is 32.5 Å². The molecule has 138 valence electrons. The minimum atomic E-state index is 0.0401. The molecule has 4 aromatic rings. The Balaban J connectivity index is 1.46. The Bertz CT molecular complexity index is 1220. The maximum atomic E-state index is 12.9. The molecule has 0 unspecified atom stereocenters. The molecule has 1 aliphatic rings. The van der Waals surface area contributed by atoms with Gasteiger partial charge in [0, 0.05) is 46.4 Å². The number of hydrogen-bond donors (Lipinski definition) is 0. The maximum absolute atomic E-state index is 12.9. The summed E-state index contributed by atoms with van der Waals surface area (Å²) in [5, 5.41) is 1.80. The molecule has 0 amide bonds. The van der Waals surface area contributed by atoms with Crippen molar-refractivity contribution in [3.63, 3.8) is 0 Å². The van der Waals surface area contributed by atoms with E-state index in [1.807, 2.05) is 53.2 Å². The Labute approximate surface area is 170 Å². The Hall–Kier alpha value is -2.99. The number of halogens is 1. The number of fused-ring (bicyclic) bond motifs is 2. The Morgan fingerprint density at radius 1 is 1.00 bits per heavy atom. The van der Waals surface area contributed by atoms with Crippen LogP contribution >= 0.6 is 15.9 Å². The minimum Gasteiger partial charge on any atom is -0.493 e. The summed E-state index contributed by atoms with van der Waals surface area (Å²) in [6.45, 7) is 1.40. The summed E-state index contributed by atoms with van der Waals surface area (Å²) in [5.41, 5.74) is 3.12. The molecule has 0 aliphatic heterocycles. The summed E-state index contributed by atoms with van der Waals surface area (Å²) in [7, 11) is 0. The molecule has 1 aliphatic carbocycles. The SMILES string of the molecule is O=C1c2ccccc2-c2nccc3c(OCCCn4cnc(Br)c4)ccc1c23. The van der Waals surface area contributed by atoms with E-state index in [-0.39, 0.29) is 5.78 Å². The highest BCUT2D eigenvalue weighted by Gasteiger charge is 2.26. The van der Waals surface area contributed by atoms with Gasteiger partial charge in [-0.15, -0.1) is 0 Å². The topological polar surface area (TPSA) is 57.0 Å². The predicted octanol–water partition coefficient (Wildman–Crippen LogP) is 4.87. The van der Waals surface area contributed by atoms with Crippen molar-refractivity contribution in [2.24, 2.45) is 0 Å². The Morgan fingerprint density at radius 3 is 2.68 bits per heavy atom. The number of ketones is 1. The largest absolute Gasteiger partial charge is 0.493 e. The number of rotatable bonds is 5. The van der Waals surface area contributed by atoms with Gasteiger partial charge in [-0.2, -0.15) is 0 Å². The van der Waals surface area contributed by atoms with Gasteiger partial charge in [-0.25, -0.2) is 4.98 Å². The summed E-state index contributed by atoms with van der Waals surface area (Å²) < 4.78 is 8.91. The van der Waals surface area contributed by atoms with Crippen LogP contribution in [0.3, 0.4) is 0 Å². The molecule has 2 aromatic carbocycles. The molecule has 0 fully saturated rings. The molecule has 5 rings (SSSR count). The van der Waals surface area contributed by atoms with E-state index in [1.54, 1.807) is 12.5 Å². The average molecular weight is 434 g/mol. The van der Waals surface area contributed by atoms with Crippen LogP contribution in [0.1, 0.15) is 22.3 Å². The van der Waals surface area contributed by atoms with Crippen LogP contribution in [-0.4, -0.2) is 26.9 Å². The molecule has 28 heavy (non-hydrogen) atoms. The molecule has 0 radical (unpaired) electrons. The van der Waals surface area contributed by atoms with Gasteiger partial charge in [0.2, 0.25) is 0 Å². The number of aromatic nitrogens is 3. The lowest BCUT2D eigenvalue weighted by molar-refractivity contribution is 0.104. The number of aryl methyl sites for hydroxylation is 1. The molecule has 5 nitrogen and oxygen atoms in total. The molecule has 6 heteroatoms. The predicted molar refractivity (Wildman–Crippen MR) is 111 cm³/mol. The highest BCUT2D eigenvalue weighted by atomic mass is 79.9. The van der Waals surface area contributed by atoms with Gasteiger partial charge >= 0.3 is 0 Å². The maximum Gasteiger partial charge on any atom is 0.194 e. The van der Waals surface area contributed by atoms with Crippen LogP contribution in [-0.2, 0) is 6.54 Å². The van der Waals surface area contributed by atoms with E-state index in [2.05, 4.69) is 25.9 Å². The number of nitrogens with zero attached hydrogens (tertiary/aromatic N) is 3. The second-order valence-corrected chi connectivity index (χ2v) is 7.52. The summed E-state index contributed by atoms with van der Waals surface area (Å²) in [5.74, 6) is 0.819. The second kappa shape index (κ2) is 6.87. The van der Waals surface area contributed by atoms with E-state index in [4.69, 9.17) is 4.74 Å². The average Bonchev–Trinajstić information content (AvgIpc) is 3.15. The van der Waals surface area contributed by atoms with Crippen molar-refractivity contribution in [3.05, 3.63) is 76.9 Å². The van der Waals surface area contributed by atoms with E-state index in [0.717, 1.165) is 45.3 Å². The summed E-state index contributed by atoms with van der Waals surface area (Å²) in [6.07, 6.45) is 6.37. The lowest BCUT2D eigenvalue weighted by atomic mass is 9.85. The molecule has 0 N–H and O–H groups in total. The second-order valence-electron chi connectivity index (χ2n) is 6.70. The smallest absolute Gasteiger partial charge is 0.194 e. The molecule has 0 atom stereocenters. The fraction of sp³-hybridized carbons (Fsp3) is 0.136. The number of imidazole rings is 1. The first-order valence-corrected chi connectivity index (χ1v) is 9.87. The van der Waals surface area contributed by atoms with E-state index in [0.29, 0.717) is 17.7 Å². The fourth-order valence-corrected chi connectivity index (χ4v) is 4.06. The lowest BCUT2D eigenvalue weighted by Crippen LogP contribution is -2.11. The molecule has 0 saturated heterocycles. The third-order valence-corrected chi connectivity index (χ3v) is 5.39. The van der Waals surface area contributed by atoms with Gasteiger partial charge in [-0.3, -0.25) is 9.78 Å². The van der Waals surface area contributed by atoms with Crippen molar-refractivity contribution < 1.29 is 9.53 Å². The van der Waals surface area contributed by atoms with Gasteiger partial charge in [0.25, 0.3) is 0 Å². The van der Waals surface area contributed by atoms with Crippen molar-refractivity contribution in [2.45, 2.75) is 13.0 Å². The fourth-order valence-electron chi connectivity index (χ4n) is 3.71. The van der Waals surface area contributed by atoms with Crippen molar-refractivity contribution in [2.75, 3.05) is 6.61 Å². The van der Waals surface area contributed by atoms with E-state index >= 15 is 0 Å². The van der Waals surface area contributed by atoms with E-state index < -0.39 is 0 Å². The highest BCUT2D eigenvalue weighted by molar-refractivity contribution is 9.10. The zero-order valence-corrected chi connectivity index (χ0v) is 16.5.